The molecular formula is C13H12Br2O2S2. The summed E-state index contributed by atoms with van der Waals surface area (Å²) in [6, 6.07) is 9.08. The summed E-state index contributed by atoms with van der Waals surface area (Å²) >= 11 is 8.84. The van der Waals surface area contributed by atoms with E-state index in [4.69, 9.17) is 0 Å². The van der Waals surface area contributed by atoms with Crippen LogP contribution in [-0.2, 0) is 9.84 Å². The van der Waals surface area contributed by atoms with Gasteiger partial charge in [0.15, 0.2) is 9.84 Å². The normalized spacial score (nSPS) is 13.5. The lowest BCUT2D eigenvalue weighted by molar-refractivity contribution is 0.602. The van der Waals surface area contributed by atoms with Crippen LogP contribution in [0.3, 0.4) is 0 Å². The van der Waals surface area contributed by atoms with Crippen LogP contribution in [0.2, 0.25) is 0 Å². The molecule has 0 radical (unpaired) electrons. The van der Waals surface area contributed by atoms with Gasteiger partial charge in [-0.25, -0.2) is 8.42 Å². The van der Waals surface area contributed by atoms with Crippen molar-refractivity contribution in [1.29, 1.82) is 0 Å². The molecule has 2 nitrogen and oxygen atoms in total. The van der Waals surface area contributed by atoms with Gasteiger partial charge in [0.2, 0.25) is 0 Å². The van der Waals surface area contributed by atoms with Gasteiger partial charge in [0.1, 0.15) is 0 Å². The average molecular weight is 424 g/mol. The Labute approximate surface area is 134 Å². The molecule has 1 aromatic carbocycles. The zero-order chi connectivity index (χ0) is 14.2. The Kier molecular flexibility index (Phi) is 4.55. The molecule has 0 aliphatic heterocycles. The van der Waals surface area contributed by atoms with E-state index < -0.39 is 9.84 Å². The first-order valence-electron chi connectivity index (χ1n) is 5.49. The van der Waals surface area contributed by atoms with Gasteiger partial charge in [-0.05, 0) is 52.2 Å². The fourth-order valence-electron chi connectivity index (χ4n) is 1.77. The van der Waals surface area contributed by atoms with E-state index in [-0.39, 0.29) is 4.83 Å². The number of sulfone groups is 1. The van der Waals surface area contributed by atoms with E-state index in [1.807, 2.05) is 12.1 Å². The SMILES string of the molecule is Cc1sc(Br)cc1C(Br)c1ccc(S(C)(=O)=O)cc1. The lowest BCUT2D eigenvalue weighted by Gasteiger charge is -2.10. The van der Waals surface area contributed by atoms with Crippen LogP contribution in [-0.4, -0.2) is 14.7 Å². The van der Waals surface area contributed by atoms with Gasteiger partial charge in [-0.2, -0.15) is 0 Å². The molecule has 2 aromatic rings. The summed E-state index contributed by atoms with van der Waals surface area (Å²) in [7, 11) is -3.13. The summed E-state index contributed by atoms with van der Waals surface area (Å²) in [4.78, 5) is 1.66. The van der Waals surface area contributed by atoms with Crippen molar-refractivity contribution in [3.05, 3.63) is 50.1 Å². The smallest absolute Gasteiger partial charge is 0.175 e. The molecule has 2 rings (SSSR count). The van der Waals surface area contributed by atoms with Crippen molar-refractivity contribution >= 4 is 53.0 Å². The molecule has 0 aliphatic carbocycles. The number of alkyl halides is 1. The van der Waals surface area contributed by atoms with Crippen LogP contribution in [0.25, 0.3) is 0 Å². The van der Waals surface area contributed by atoms with Gasteiger partial charge in [-0.15, -0.1) is 11.3 Å². The van der Waals surface area contributed by atoms with Crippen molar-refractivity contribution in [2.45, 2.75) is 16.6 Å². The van der Waals surface area contributed by atoms with Crippen molar-refractivity contribution in [2.24, 2.45) is 0 Å². The molecule has 0 bridgehead atoms. The predicted molar refractivity (Wildman–Crippen MR) is 87.1 cm³/mol. The summed E-state index contributed by atoms with van der Waals surface area (Å²) in [5.41, 5.74) is 2.24. The molecule has 0 amide bonds. The van der Waals surface area contributed by atoms with Gasteiger partial charge >= 0.3 is 0 Å². The monoisotopic (exact) mass is 422 g/mol. The number of hydrogen-bond donors (Lipinski definition) is 0. The molecule has 1 atom stereocenters. The third-order valence-electron chi connectivity index (χ3n) is 2.80. The van der Waals surface area contributed by atoms with E-state index in [2.05, 4.69) is 44.8 Å². The Balaban J connectivity index is 2.35. The zero-order valence-corrected chi connectivity index (χ0v) is 15.2. The number of rotatable bonds is 3. The van der Waals surface area contributed by atoms with Crippen molar-refractivity contribution < 1.29 is 8.42 Å². The summed E-state index contributed by atoms with van der Waals surface area (Å²) in [6.45, 7) is 2.07. The largest absolute Gasteiger partial charge is 0.224 e. The quantitative estimate of drug-likeness (QED) is 0.670. The summed E-state index contributed by atoms with van der Waals surface area (Å²) in [5.74, 6) is 0. The summed E-state index contributed by atoms with van der Waals surface area (Å²) < 4.78 is 23.9. The van der Waals surface area contributed by atoms with E-state index in [0.29, 0.717) is 4.90 Å². The third kappa shape index (κ3) is 3.48. The number of thiophene rings is 1. The first-order chi connectivity index (χ1) is 8.79. The van der Waals surface area contributed by atoms with Gasteiger partial charge in [0, 0.05) is 11.1 Å². The molecule has 1 aromatic heterocycles. The molecule has 19 heavy (non-hydrogen) atoms. The maximum Gasteiger partial charge on any atom is 0.175 e. The zero-order valence-electron chi connectivity index (χ0n) is 10.4. The Morgan fingerprint density at radius 2 is 1.79 bits per heavy atom. The Hall–Kier alpha value is -0.170. The predicted octanol–water partition coefficient (Wildman–Crippen LogP) is 4.71. The Morgan fingerprint density at radius 1 is 1.21 bits per heavy atom. The highest BCUT2D eigenvalue weighted by atomic mass is 79.9. The fraction of sp³-hybridized carbons (Fsp3) is 0.231. The number of hydrogen-bond acceptors (Lipinski definition) is 3. The first-order valence-corrected chi connectivity index (χ1v) is 9.90. The highest BCUT2D eigenvalue weighted by molar-refractivity contribution is 9.11. The van der Waals surface area contributed by atoms with Gasteiger partial charge in [0.05, 0.1) is 13.5 Å². The molecule has 0 spiro atoms. The molecule has 0 fully saturated rings. The molecule has 6 heteroatoms. The fourth-order valence-corrected chi connectivity index (χ4v) is 5.08. The maximum atomic E-state index is 11.4. The Bertz CT molecular complexity index is 688. The van der Waals surface area contributed by atoms with E-state index in [9.17, 15) is 8.42 Å². The molecule has 0 saturated carbocycles. The van der Waals surface area contributed by atoms with Gasteiger partial charge < -0.3 is 0 Å². The van der Waals surface area contributed by atoms with Crippen molar-refractivity contribution in [3.8, 4) is 0 Å². The van der Waals surface area contributed by atoms with Crippen LogP contribution in [0.15, 0.2) is 39.0 Å². The highest BCUT2D eigenvalue weighted by Crippen LogP contribution is 2.38. The lowest BCUT2D eigenvalue weighted by Crippen LogP contribution is -1.98. The standard InChI is InChI=1S/C13H12Br2O2S2/c1-8-11(7-12(14)18-8)13(15)9-3-5-10(6-4-9)19(2,16)17/h3-7,13H,1-2H3. The van der Waals surface area contributed by atoms with Crippen molar-refractivity contribution in [3.63, 3.8) is 0 Å². The maximum absolute atomic E-state index is 11.4. The third-order valence-corrected chi connectivity index (χ3v) is 6.52. The van der Waals surface area contributed by atoms with Gasteiger partial charge in [-0.3, -0.25) is 0 Å². The van der Waals surface area contributed by atoms with Crippen molar-refractivity contribution in [2.75, 3.05) is 6.26 Å². The second-order valence-electron chi connectivity index (χ2n) is 4.27. The lowest BCUT2D eigenvalue weighted by atomic mass is 10.1. The minimum absolute atomic E-state index is 0.0728. The van der Waals surface area contributed by atoms with E-state index >= 15 is 0 Å². The van der Waals surface area contributed by atoms with Gasteiger partial charge in [0.25, 0.3) is 0 Å². The average Bonchev–Trinajstić information content (AvgIpc) is 2.66. The summed E-state index contributed by atoms with van der Waals surface area (Å²) in [5, 5.41) is 0. The highest BCUT2D eigenvalue weighted by Gasteiger charge is 2.16. The van der Waals surface area contributed by atoms with Crippen molar-refractivity contribution in [1.82, 2.24) is 0 Å². The molecule has 1 heterocycles. The molecule has 1 unspecified atom stereocenters. The van der Waals surface area contributed by atoms with Crippen LogP contribution in [0.1, 0.15) is 20.8 Å². The van der Waals surface area contributed by atoms with Gasteiger partial charge in [-0.1, -0.05) is 28.1 Å². The number of aryl methyl sites for hydroxylation is 1. The second kappa shape index (κ2) is 5.68. The van der Waals surface area contributed by atoms with E-state index in [0.717, 1.165) is 9.35 Å². The molecule has 102 valence electrons. The van der Waals surface area contributed by atoms with Crippen LogP contribution in [0, 0.1) is 6.92 Å². The van der Waals surface area contributed by atoms with E-state index in [1.165, 1.54) is 16.7 Å². The molecule has 0 saturated heterocycles. The second-order valence-corrected chi connectivity index (χ2v) is 9.83. The summed E-state index contributed by atoms with van der Waals surface area (Å²) in [6.07, 6.45) is 1.22. The molecular weight excluding hydrogens is 412 g/mol. The van der Waals surface area contributed by atoms with Crippen LogP contribution in [0.5, 0.6) is 0 Å². The molecule has 0 N–H and O–H groups in total. The first kappa shape index (κ1) is 15.2. The number of halogens is 2. The Morgan fingerprint density at radius 3 is 2.21 bits per heavy atom. The minimum atomic E-state index is -3.13. The topological polar surface area (TPSA) is 34.1 Å². The van der Waals surface area contributed by atoms with Crippen LogP contribution >= 0.6 is 43.2 Å². The van der Waals surface area contributed by atoms with Crippen LogP contribution < -0.4 is 0 Å². The molecule has 0 aliphatic rings. The van der Waals surface area contributed by atoms with Crippen LogP contribution in [0.4, 0.5) is 0 Å². The van der Waals surface area contributed by atoms with E-state index in [1.54, 1.807) is 23.5 Å². The minimum Gasteiger partial charge on any atom is -0.224 e. The number of benzene rings is 1.